The number of hydrogen-bond acceptors (Lipinski definition) is 4. The smallest absolute Gasteiger partial charge is 0.265 e. The fourth-order valence-corrected chi connectivity index (χ4v) is 2.94. The summed E-state index contributed by atoms with van der Waals surface area (Å²) in [5.74, 6) is 0.132. The number of hydrogen-bond donors (Lipinski definition) is 2. The molecular formula is C16H23BrClN3O3. The van der Waals surface area contributed by atoms with E-state index in [2.05, 4.69) is 21.2 Å². The van der Waals surface area contributed by atoms with Gasteiger partial charge in [-0.3, -0.25) is 14.5 Å². The van der Waals surface area contributed by atoms with Gasteiger partial charge in [0.15, 0.2) is 6.61 Å². The number of nitrogens with one attached hydrogen (secondary N) is 1. The molecule has 0 aliphatic carbocycles. The fourth-order valence-electron chi connectivity index (χ4n) is 2.60. The number of nitrogens with two attached hydrogens (primary N) is 1. The van der Waals surface area contributed by atoms with Crippen LogP contribution in [0.15, 0.2) is 22.7 Å². The quantitative estimate of drug-likeness (QED) is 0.739. The lowest BCUT2D eigenvalue weighted by atomic mass is 9.93. The van der Waals surface area contributed by atoms with Crippen LogP contribution in [0.3, 0.4) is 0 Å². The Bertz CT molecular complexity index is 600. The minimum atomic E-state index is -0.422. The molecule has 0 spiro atoms. The molecule has 1 heterocycles. The normalized spacial score (nSPS) is 13.7. The molecule has 1 aromatic rings. The van der Waals surface area contributed by atoms with Crippen molar-refractivity contribution in [3.63, 3.8) is 0 Å². The number of amides is 2. The molecule has 0 bridgehead atoms. The summed E-state index contributed by atoms with van der Waals surface area (Å²) in [5.41, 5.74) is 5.99. The number of carbonyl (C=O) groups is 2. The number of benzene rings is 1. The van der Waals surface area contributed by atoms with Crippen LogP contribution in [0.4, 0.5) is 5.69 Å². The van der Waals surface area contributed by atoms with Crippen LogP contribution in [0.5, 0.6) is 5.75 Å². The average molecular weight is 421 g/mol. The summed E-state index contributed by atoms with van der Waals surface area (Å²) in [6.07, 6.45) is 1.48. The van der Waals surface area contributed by atoms with Crippen LogP contribution in [0.2, 0.25) is 0 Å². The van der Waals surface area contributed by atoms with Crippen LogP contribution >= 0.6 is 28.3 Å². The van der Waals surface area contributed by atoms with E-state index in [1.165, 1.54) is 4.90 Å². The zero-order valence-corrected chi connectivity index (χ0v) is 16.2. The fraction of sp³-hybridized carbons (Fsp3) is 0.500. The molecule has 1 aromatic carbocycles. The summed E-state index contributed by atoms with van der Waals surface area (Å²) < 4.78 is 6.28. The number of halogens is 2. The first-order chi connectivity index (χ1) is 10.9. The summed E-state index contributed by atoms with van der Waals surface area (Å²) in [5, 5.41) is 2.98. The summed E-state index contributed by atoms with van der Waals surface area (Å²) in [6.45, 7) is 4.23. The maximum atomic E-state index is 12.4. The van der Waals surface area contributed by atoms with Gasteiger partial charge in [-0.25, -0.2) is 0 Å². The molecule has 0 aromatic heterocycles. The van der Waals surface area contributed by atoms with Crippen molar-refractivity contribution in [1.82, 2.24) is 5.32 Å². The van der Waals surface area contributed by atoms with Crippen molar-refractivity contribution in [3.8, 4) is 5.75 Å². The Hall–Kier alpha value is -1.31. The second-order valence-electron chi connectivity index (χ2n) is 5.62. The second kappa shape index (κ2) is 8.69. The van der Waals surface area contributed by atoms with E-state index in [1.54, 1.807) is 12.1 Å². The standard InChI is InChI=1S/C16H22BrN3O3.ClH/c1-3-16(4-2,10-18)19-14(21)8-20-12-6-5-11(17)7-13(12)23-9-15(20)22;/h5-7H,3-4,8-10,18H2,1-2H3,(H,19,21);1H. The van der Waals surface area contributed by atoms with Gasteiger partial charge in [0, 0.05) is 11.0 Å². The molecule has 0 saturated heterocycles. The first-order valence-corrected chi connectivity index (χ1v) is 8.47. The molecule has 1 aliphatic heterocycles. The van der Waals surface area contributed by atoms with Gasteiger partial charge in [-0.2, -0.15) is 0 Å². The average Bonchev–Trinajstić information content (AvgIpc) is 2.55. The molecule has 8 heteroatoms. The highest BCUT2D eigenvalue weighted by molar-refractivity contribution is 9.10. The molecule has 0 saturated carbocycles. The Morgan fingerprint density at radius 1 is 1.42 bits per heavy atom. The Kier molecular flexibility index (Phi) is 7.51. The Morgan fingerprint density at radius 2 is 2.08 bits per heavy atom. The van der Waals surface area contributed by atoms with Crippen LogP contribution in [-0.2, 0) is 9.59 Å². The molecule has 24 heavy (non-hydrogen) atoms. The third-order valence-corrected chi connectivity index (χ3v) is 4.81. The van der Waals surface area contributed by atoms with E-state index in [4.69, 9.17) is 10.5 Å². The lowest BCUT2D eigenvalue weighted by Gasteiger charge is -2.34. The van der Waals surface area contributed by atoms with Gasteiger partial charge >= 0.3 is 0 Å². The molecule has 0 unspecified atom stereocenters. The van der Waals surface area contributed by atoms with Crippen molar-refractivity contribution < 1.29 is 14.3 Å². The number of nitrogens with zero attached hydrogens (tertiary/aromatic N) is 1. The highest BCUT2D eigenvalue weighted by Gasteiger charge is 2.31. The van der Waals surface area contributed by atoms with Crippen LogP contribution in [0, 0.1) is 0 Å². The Balaban J connectivity index is 0.00000288. The molecule has 134 valence electrons. The number of ether oxygens (including phenoxy) is 1. The van der Waals surface area contributed by atoms with E-state index in [9.17, 15) is 9.59 Å². The molecule has 1 aliphatic rings. The van der Waals surface area contributed by atoms with Crippen molar-refractivity contribution in [2.45, 2.75) is 32.2 Å². The minimum absolute atomic E-state index is 0. The highest BCUT2D eigenvalue weighted by atomic mass is 79.9. The maximum Gasteiger partial charge on any atom is 0.265 e. The first-order valence-electron chi connectivity index (χ1n) is 7.68. The zero-order valence-electron chi connectivity index (χ0n) is 13.8. The van der Waals surface area contributed by atoms with E-state index in [1.807, 2.05) is 19.9 Å². The first kappa shape index (κ1) is 20.7. The van der Waals surface area contributed by atoms with Gasteiger partial charge < -0.3 is 15.8 Å². The molecule has 0 fully saturated rings. The lowest BCUT2D eigenvalue weighted by molar-refractivity contribution is -0.126. The monoisotopic (exact) mass is 419 g/mol. The van der Waals surface area contributed by atoms with Crippen LogP contribution in [0.1, 0.15) is 26.7 Å². The van der Waals surface area contributed by atoms with Gasteiger partial charge in [0.2, 0.25) is 5.91 Å². The summed E-state index contributed by atoms with van der Waals surface area (Å²) in [6, 6.07) is 5.36. The maximum absolute atomic E-state index is 12.4. The van der Waals surface area contributed by atoms with Gasteiger partial charge in [0.1, 0.15) is 12.3 Å². The van der Waals surface area contributed by atoms with Crippen LogP contribution in [-0.4, -0.2) is 37.0 Å². The van der Waals surface area contributed by atoms with E-state index in [0.717, 1.165) is 17.3 Å². The van der Waals surface area contributed by atoms with Crippen molar-refractivity contribution in [2.24, 2.45) is 5.73 Å². The molecule has 6 nitrogen and oxygen atoms in total. The number of carbonyl (C=O) groups excluding carboxylic acids is 2. The Labute approximate surface area is 156 Å². The lowest BCUT2D eigenvalue weighted by Crippen LogP contribution is -2.56. The number of rotatable bonds is 6. The van der Waals surface area contributed by atoms with Crippen molar-refractivity contribution >= 4 is 45.8 Å². The van der Waals surface area contributed by atoms with Gasteiger partial charge in [-0.1, -0.05) is 29.8 Å². The van der Waals surface area contributed by atoms with Gasteiger partial charge in [-0.05, 0) is 31.0 Å². The minimum Gasteiger partial charge on any atom is -0.482 e. The summed E-state index contributed by atoms with van der Waals surface area (Å²) in [7, 11) is 0. The van der Waals surface area contributed by atoms with E-state index >= 15 is 0 Å². The molecule has 0 radical (unpaired) electrons. The Morgan fingerprint density at radius 3 is 2.67 bits per heavy atom. The van der Waals surface area contributed by atoms with E-state index in [0.29, 0.717) is 18.0 Å². The van der Waals surface area contributed by atoms with E-state index in [-0.39, 0.29) is 37.4 Å². The third kappa shape index (κ3) is 4.40. The summed E-state index contributed by atoms with van der Waals surface area (Å²) >= 11 is 3.37. The highest BCUT2D eigenvalue weighted by Crippen LogP contribution is 2.34. The molecule has 0 atom stereocenters. The topological polar surface area (TPSA) is 84.7 Å². The van der Waals surface area contributed by atoms with Crippen molar-refractivity contribution in [3.05, 3.63) is 22.7 Å². The van der Waals surface area contributed by atoms with Crippen LogP contribution < -0.4 is 20.7 Å². The largest absolute Gasteiger partial charge is 0.482 e. The number of anilines is 1. The summed E-state index contributed by atoms with van der Waals surface area (Å²) in [4.78, 5) is 26.0. The third-order valence-electron chi connectivity index (χ3n) is 4.32. The predicted octanol–water partition coefficient (Wildman–Crippen LogP) is 2.23. The SMILES string of the molecule is CCC(CC)(CN)NC(=O)CN1C(=O)COc2cc(Br)ccc21.Cl. The van der Waals surface area contributed by atoms with E-state index < -0.39 is 5.54 Å². The second-order valence-corrected chi connectivity index (χ2v) is 6.54. The van der Waals surface area contributed by atoms with Gasteiger partial charge in [-0.15, -0.1) is 12.4 Å². The molecule has 3 N–H and O–H groups in total. The van der Waals surface area contributed by atoms with Gasteiger partial charge in [0.05, 0.1) is 11.2 Å². The predicted molar refractivity (Wildman–Crippen MR) is 99.7 cm³/mol. The molecule has 2 rings (SSSR count). The number of fused-ring (bicyclic) bond motifs is 1. The van der Waals surface area contributed by atoms with Crippen molar-refractivity contribution in [1.29, 1.82) is 0 Å². The van der Waals surface area contributed by atoms with Crippen LogP contribution in [0.25, 0.3) is 0 Å². The molecular weight excluding hydrogens is 398 g/mol. The van der Waals surface area contributed by atoms with Crippen molar-refractivity contribution in [2.75, 3.05) is 24.6 Å². The zero-order chi connectivity index (χ0) is 17.0. The van der Waals surface area contributed by atoms with Gasteiger partial charge in [0.25, 0.3) is 5.91 Å². The molecule has 2 amide bonds.